The molecule has 29 heavy (non-hydrogen) atoms. The molecule has 2 aromatic rings. The highest BCUT2D eigenvalue weighted by Gasteiger charge is 2.36. The smallest absolute Gasteiger partial charge is 0.244 e. The van der Waals surface area contributed by atoms with Gasteiger partial charge in [0.1, 0.15) is 0 Å². The van der Waals surface area contributed by atoms with Crippen molar-refractivity contribution >= 4 is 35.6 Å². The van der Waals surface area contributed by atoms with Gasteiger partial charge in [0.25, 0.3) is 0 Å². The van der Waals surface area contributed by atoms with Crippen LogP contribution >= 0.6 is 12.4 Å². The normalized spacial score (nSPS) is 17.2. The SMILES string of the molecule is Cl.NC1(C(=O)Nc2ccc(CC(=O)N3CCCc4ccccc43)cc2)CCCC1. The van der Waals surface area contributed by atoms with Gasteiger partial charge in [0, 0.05) is 17.9 Å². The fourth-order valence-electron chi connectivity index (χ4n) is 4.26. The molecule has 0 saturated heterocycles. The van der Waals surface area contributed by atoms with Gasteiger partial charge in [0.2, 0.25) is 11.8 Å². The second-order valence-electron chi connectivity index (χ2n) is 7.97. The van der Waals surface area contributed by atoms with Crippen LogP contribution in [0.5, 0.6) is 0 Å². The minimum atomic E-state index is -0.740. The number of anilines is 2. The molecule has 0 bridgehead atoms. The van der Waals surface area contributed by atoms with Crippen LogP contribution < -0.4 is 16.0 Å². The van der Waals surface area contributed by atoms with Crippen LogP contribution in [0.15, 0.2) is 48.5 Å². The van der Waals surface area contributed by atoms with E-state index in [2.05, 4.69) is 11.4 Å². The molecule has 6 heteroatoms. The van der Waals surface area contributed by atoms with Crippen molar-refractivity contribution in [2.45, 2.75) is 50.5 Å². The lowest BCUT2D eigenvalue weighted by atomic mass is 9.98. The maximum Gasteiger partial charge on any atom is 0.244 e. The molecule has 0 radical (unpaired) electrons. The van der Waals surface area contributed by atoms with Gasteiger partial charge in [0.15, 0.2) is 0 Å². The van der Waals surface area contributed by atoms with E-state index < -0.39 is 5.54 Å². The lowest BCUT2D eigenvalue weighted by Gasteiger charge is -2.29. The number of benzene rings is 2. The fraction of sp³-hybridized carbons (Fsp3) is 0.391. The van der Waals surface area contributed by atoms with Crippen LogP contribution in [0, 0.1) is 0 Å². The second kappa shape index (κ2) is 8.97. The molecule has 5 nitrogen and oxygen atoms in total. The first-order valence-corrected chi connectivity index (χ1v) is 10.1. The average Bonchev–Trinajstić information content (AvgIpc) is 3.17. The predicted molar refractivity (Wildman–Crippen MR) is 119 cm³/mol. The molecule has 1 fully saturated rings. The standard InChI is InChI=1S/C23H27N3O2.ClH/c24-23(13-3-4-14-23)22(28)25-19-11-9-17(10-12-19)16-21(27)26-15-5-7-18-6-1-2-8-20(18)26;/h1-2,6,8-12H,3-5,7,13-16,24H2,(H,25,28);1H. The molecule has 0 spiro atoms. The number of rotatable bonds is 4. The number of para-hydroxylation sites is 1. The van der Waals surface area contributed by atoms with Crippen LogP contribution in [0.4, 0.5) is 11.4 Å². The number of amides is 2. The molecule has 4 rings (SSSR count). The third kappa shape index (κ3) is 4.62. The lowest BCUT2D eigenvalue weighted by Crippen LogP contribution is -2.48. The summed E-state index contributed by atoms with van der Waals surface area (Å²) in [6.45, 7) is 0.766. The van der Waals surface area contributed by atoms with E-state index in [1.807, 2.05) is 47.4 Å². The van der Waals surface area contributed by atoms with Gasteiger partial charge in [0.05, 0.1) is 12.0 Å². The van der Waals surface area contributed by atoms with Gasteiger partial charge in [-0.05, 0) is 55.0 Å². The summed E-state index contributed by atoms with van der Waals surface area (Å²) >= 11 is 0. The van der Waals surface area contributed by atoms with E-state index in [-0.39, 0.29) is 24.2 Å². The monoisotopic (exact) mass is 413 g/mol. The first-order valence-electron chi connectivity index (χ1n) is 10.1. The number of carbonyl (C=O) groups is 2. The van der Waals surface area contributed by atoms with Crippen LogP contribution in [-0.4, -0.2) is 23.9 Å². The van der Waals surface area contributed by atoms with Gasteiger partial charge in [-0.2, -0.15) is 0 Å². The highest BCUT2D eigenvalue weighted by atomic mass is 35.5. The van der Waals surface area contributed by atoms with E-state index in [4.69, 9.17) is 5.73 Å². The minimum absolute atomic E-state index is 0. The zero-order valence-corrected chi connectivity index (χ0v) is 17.3. The summed E-state index contributed by atoms with van der Waals surface area (Å²) in [5.74, 6) is -0.00504. The topological polar surface area (TPSA) is 75.4 Å². The molecule has 3 N–H and O–H groups in total. The molecule has 2 aromatic carbocycles. The van der Waals surface area contributed by atoms with Gasteiger partial charge < -0.3 is 16.0 Å². The Morgan fingerprint density at radius 1 is 1.00 bits per heavy atom. The highest BCUT2D eigenvalue weighted by molar-refractivity contribution is 5.98. The molecule has 1 saturated carbocycles. The maximum atomic E-state index is 12.8. The maximum absolute atomic E-state index is 12.8. The Morgan fingerprint density at radius 2 is 1.69 bits per heavy atom. The summed E-state index contributed by atoms with van der Waals surface area (Å²) in [6, 6.07) is 15.6. The van der Waals surface area contributed by atoms with E-state index in [1.54, 1.807) is 0 Å². The van der Waals surface area contributed by atoms with E-state index >= 15 is 0 Å². The molecule has 1 heterocycles. The van der Waals surface area contributed by atoms with Crippen LogP contribution in [0.3, 0.4) is 0 Å². The molecule has 2 aliphatic rings. The van der Waals surface area contributed by atoms with Crippen LogP contribution in [0.2, 0.25) is 0 Å². The van der Waals surface area contributed by atoms with Crippen LogP contribution in [-0.2, 0) is 22.4 Å². The van der Waals surface area contributed by atoms with Gasteiger partial charge in [-0.3, -0.25) is 9.59 Å². The van der Waals surface area contributed by atoms with E-state index in [9.17, 15) is 9.59 Å². The predicted octanol–water partition coefficient (Wildman–Crippen LogP) is 3.84. The molecule has 1 aliphatic carbocycles. The lowest BCUT2D eigenvalue weighted by molar-refractivity contribution is -0.121. The zero-order valence-electron chi connectivity index (χ0n) is 16.5. The Labute approximate surface area is 178 Å². The first kappa shape index (κ1) is 21.3. The summed E-state index contributed by atoms with van der Waals surface area (Å²) in [6.07, 6.45) is 5.86. The number of aryl methyl sites for hydroxylation is 1. The van der Waals surface area contributed by atoms with E-state index in [0.29, 0.717) is 6.42 Å². The van der Waals surface area contributed by atoms with Crippen LogP contribution in [0.25, 0.3) is 0 Å². The largest absolute Gasteiger partial charge is 0.324 e. The summed E-state index contributed by atoms with van der Waals surface area (Å²) in [5, 5.41) is 2.92. The number of hydrogen-bond donors (Lipinski definition) is 2. The summed E-state index contributed by atoms with van der Waals surface area (Å²) in [7, 11) is 0. The Kier molecular flexibility index (Phi) is 6.60. The van der Waals surface area contributed by atoms with Crippen molar-refractivity contribution in [2.24, 2.45) is 5.73 Å². The summed E-state index contributed by atoms with van der Waals surface area (Å²) in [5.41, 5.74) is 9.40. The number of nitrogens with zero attached hydrogens (tertiary/aromatic N) is 1. The Bertz CT molecular complexity index is 876. The number of hydrogen-bond acceptors (Lipinski definition) is 3. The van der Waals surface area contributed by atoms with Crippen LogP contribution in [0.1, 0.15) is 43.2 Å². The molecule has 0 unspecified atom stereocenters. The Morgan fingerprint density at radius 3 is 2.41 bits per heavy atom. The third-order valence-corrected chi connectivity index (χ3v) is 5.93. The zero-order chi connectivity index (χ0) is 19.6. The Balaban J connectivity index is 0.00000240. The van der Waals surface area contributed by atoms with Crippen molar-refractivity contribution in [1.29, 1.82) is 0 Å². The van der Waals surface area contributed by atoms with Crippen molar-refractivity contribution in [2.75, 3.05) is 16.8 Å². The Hall–Kier alpha value is -2.37. The third-order valence-electron chi connectivity index (χ3n) is 5.93. The van der Waals surface area contributed by atoms with Gasteiger partial charge >= 0.3 is 0 Å². The number of nitrogens with two attached hydrogens (primary N) is 1. The van der Waals surface area contributed by atoms with E-state index in [0.717, 1.165) is 62.0 Å². The second-order valence-corrected chi connectivity index (χ2v) is 7.97. The molecule has 0 atom stereocenters. The molecule has 1 aliphatic heterocycles. The minimum Gasteiger partial charge on any atom is -0.324 e. The summed E-state index contributed by atoms with van der Waals surface area (Å²) < 4.78 is 0. The van der Waals surface area contributed by atoms with E-state index in [1.165, 1.54) is 5.56 Å². The molecular formula is C23H28ClN3O2. The van der Waals surface area contributed by atoms with Crippen molar-refractivity contribution in [3.63, 3.8) is 0 Å². The van der Waals surface area contributed by atoms with Gasteiger partial charge in [-0.15, -0.1) is 12.4 Å². The van der Waals surface area contributed by atoms with Crippen molar-refractivity contribution in [3.8, 4) is 0 Å². The van der Waals surface area contributed by atoms with Gasteiger partial charge in [-0.25, -0.2) is 0 Å². The first-order chi connectivity index (χ1) is 13.5. The highest BCUT2D eigenvalue weighted by Crippen LogP contribution is 2.29. The number of carbonyl (C=O) groups excluding carboxylic acids is 2. The average molecular weight is 414 g/mol. The molecule has 154 valence electrons. The summed E-state index contributed by atoms with van der Waals surface area (Å²) in [4.78, 5) is 27.2. The number of fused-ring (bicyclic) bond motifs is 1. The van der Waals surface area contributed by atoms with Gasteiger partial charge in [-0.1, -0.05) is 43.2 Å². The fourth-order valence-corrected chi connectivity index (χ4v) is 4.26. The molecular weight excluding hydrogens is 386 g/mol. The molecule has 0 aromatic heterocycles. The van der Waals surface area contributed by atoms with Crippen molar-refractivity contribution in [3.05, 3.63) is 59.7 Å². The number of halogens is 1. The van der Waals surface area contributed by atoms with Crippen molar-refractivity contribution in [1.82, 2.24) is 0 Å². The quantitative estimate of drug-likeness (QED) is 0.799. The van der Waals surface area contributed by atoms with Crippen molar-refractivity contribution < 1.29 is 9.59 Å². The molecule has 2 amide bonds. The number of nitrogens with one attached hydrogen (secondary N) is 1.